The number of nitrogens with two attached hydrogens (primary N) is 1. The zero-order valence-corrected chi connectivity index (χ0v) is 10.7. The van der Waals surface area contributed by atoms with Gasteiger partial charge in [-0.2, -0.15) is 0 Å². The molecule has 5 heteroatoms. The van der Waals surface area contributed by atoms with E-state index in [1.807, 2.05) is 0 Å². The Bertz CT molecular complexity index is 666. The van der Waals surface area contributed by atoms with Crippen LogP contribution in [0.5, 0.6) is 11.5 Å². The standard InChI is InChI=1S/C15H14N2O3/c16-12-5-10-6-15(19)17-13(10)7-14(12)20-11-3-1-9(8-18)2-4-11/h1-5,7,18H,6,8,16H2,(H,17,19). The summed E-state index contributed by atoms with van der Waals surface area (Å²) < 4.78 is 5.71. The van der Waals surface area contributed by atoms with Gasteiger partial charge < -0.3 is 20.9 Å². The zero-order chi connectivity index (χ0) is 14.1. The lowest BCUT2D eigenvalue weighted by molar-refractivity contribution is -0.115. The lowest BCUT2D eigenvalue weighted by atomic mass is 10.1. The first-order valence-electron chi connectivity index (χ1n) is 6.25. The van der Waals surface area contributed by atoms with E-state index in [0.717, 1.165) is 16.8 Å². The molecule has 1 aliphatic rings. The first-order valence-corrected chi connectivity index (χ1v) is 6.25. The molecule has 4 N–H and O–H groups in total. The number of rotatable bonds is 3. The van der Waals surface area contributed by atoms with Gasteiger partial charge in [0.05, 0.1) is 18.7 Å². The molecular weight excluding hydrogens is 256 g/mol. The Morgan fingerprint density at radius 2 is 2.00 bits per heavy atom. The van der Waals surface area contributed by atoms with Crippen LogP contribution < -0.4 is 15.8 Å². The SMILES string of the molecule is Nc1cc2c(cc1Oc1ccc(CO)cc1)NC(=O)C2. The van der Waals surface area contributed by atoms with Crippen molar-refractivity contribution in [3.8, 4) is 11.5 Å². The minimum Gasteiger partial charge on any atom is -0.455 e. The van der Waals surface area contributed by atoms with Gasteiger partial charge in [-0.15, -0.1) is 0 Å². The number of amides is 1. The third-order valence-corrected chi connectivity index (χ3v) is 3.19. The third kappa shape index (κ3) is 2.31. The molecule has 2 aromatic rings. The van der Waals surface area contributed by atoms with Gasteiger partial charge >= 0.3 is 0 Å². The van der Waals surface area contributed by atoms with Gasteiger partial charge in [-0.05, 0) is 29.3 Å². The molecule has 102 valence electrons. The monoisotopic (exact) mass is 270 g/mol. The number of hydrogen-bond donors (Lipinski definition) is 3. The predicted octanol–water partition coefficient (Wildman–Crippen LogP) is 2.05. The van der Waals surface area contributed by atoms with Crippen LogP contribution in [0.15, 0.2) is 36.4 Å². The van der Waals surface area contributed by atoms with E-state index in [4.69, 9.17) is 15.6 Å². The highest BCUT2D eigenvalue weighted by atomic mass is 16.5. The van der Waals surface area contributed by atoms with Crippen molar-refractivity contribution in [2.75, 3.05) is 11.1 Å². The highest BCUT2D eigenvalue weighted by Gasteiger charge is 2.20. The van der Waals surface area contributed by atoms with Crippen molar-refractivity contribution < 1.29 is 14.6 Å². The Kier molecular flexibility index (Phi) is 3.04. The molecule has 1 heterocycles. The lowest BCUT2D eigenvalue weighted by Gasteiger charge is -2.11. The normalized spacial score (nSPS) is 12.9. The second kappa shape index (κ2) is 4.86. The molecular formula is C15H14N2O3. The summed E-state index contributed by atoms with van der Waals surface area (Å²) in [6.07, 6.45) is 0.352. The summed E-state index contributed by atoms with van der Waals surface area (Å²) in [6.45, 7) is -0.00665. The molecule has 1 amide bonds. The van der Waals surface area contributed by atoms with Crippen LogP contribution in [0.2, 0.25) is 0 Å². The molecule has 0 bridgehead atoms. The fraction of sp³-hybridized carbons (Fsp3) is 0.133. The van der Waals surface area contributed by atoms with Gasteiger partial charge in [-0.3, -0.25) is 4.79 Å². The average Bonchev–Trinajstić information content (AvgIpc) is 2.79. The molecule has 2 aromatic carbocycles. The summed E-state index contributed by atoms with van der Waals surface area (Å²) in [7, 11) is 0. The Labute approximate surface area is 116 Å². The summed E-state index contributed by atoms with van der Waals surface area (Å²) in [5.74, 6) is 1.09. The topological polar surface area (TPSA) is 84.6 Å². The van der Waals surface area contributed by atoms with Gasteiger partial charge in [0.2, 0.25) is 5.91 Å². The van der Waals surface area contributed by atoms with Crippen LogP contribution in [0.3, 0.4) is 0 Å². The molecule has 0 saturated carbocycles. The van der Waals surface area contributed by atoms with Crippen molar-refractivity contribution in [1.29, 1.82) is 0 Å². The van der Waals surface area contributed by atoms with Gasteiger partial charge in [0.1, 0.15) is 5.75 Å². The Balaban J connectivity index is 1.87. The highest BCUT2D eigenvalue weighted by Crippen LogP contribution is 2.35. The number of nitrogens with one attached hydrogen (secondary N) is 1. The summed E-state index contributed by atoms with van der Waals surface area (Å²) in [4.78, 5) is 11.3. The molecule has 0 atom stereocenters. The van der Waals surface area contributed by atoms with Crippen LogP contribution in [0.4, 0.5) is 11.4 Å². The third-order valence-electron chi connectivity index (χ3n) is 3.19. The Morgan fingerprint density at radius 3 is 2.70 bits per heavy atom. The number of hydrogen-bond acceptors (Lipinski definition) is 4. The van der Waals surface area contributed by atoms with Gasteiger partial charge in [-0.1, -0.05) is 12.1 Å². The van der Waals surface area contributed by atoms with Crippen molar-refractivity contribution in [3.63, 3.8) is 0 Å². The van der Waals surface area contributed by atoms with E-state index < -0.39 is 0 Å². The van der Waals surface area contributed by atoms with Gasteiger partial charge in [0, 0.05) is 11.8 Å². The van der Waals surface area contributed by atoms with E-state index in [1.165, 1.54) is 0 Å². The average molecular weight is 270 g/mol. The van der Waals surface area contributed by atoms with Gasteiger partial charge in [0.25, 0.3) is 0 Å². The number of anilines is 2. The van der Waals surface area contributed by atoms with Crippen LogP contribution in [0.1, 0.15) is 11.1 Å². The summed E-state index contributed by atoms with van der Waals surface area (Å²) in [5, 5.41) is 11.8. The van der Waals surface area contributed by atoms with Crippen LogP contribution >= 0.6 is 0 Å². The molecule has 0 spiro atoms. The number of fused-ring (bicyclic) bond motifs is 1. The number of aliphatic hydroxyl groups excluding tert-OH is 1. The molecule has 0 unspecified atom stereocenters. The zero-order valence-electron chi connectivity index (χ0n) is 10.7. The smallest absolute Gasteiger partial charge is 0.228 e. The number of aliphatic hydroxyl groups is 1. The van der Waals surface area contributed by atoms with E-state index >= 15 is 0 Å². The number of nitrogen functional groups attached to an aromatic ring is 1. The van der Waals surface area contributed by atoms with E-state index in [0.29, 0.717) is 23.6 Å². The first-order chi connectivity index (χ1) is 9.65. The summed E-state index contributed by atoms with van der Waals surface area (Å²) >= 11 is 0. The van der Waals surface area contributed by atoms with Crippen LogP contribution in [-0.4, -0.2) is 11.0 Å². The van der Waals surface area contributed by atoms with Crippen molar-refractivity contribution >= 4 is 17.3 Å². The molecule has 3 rings (SSSR count). The Morgan fingerprint density at radius 1 is 1.25 bits per heavy atom. The van der Waals surface area contributed by atoms with Crippen LogP contribution in [-0.2, 0) is 17.8 Å². The molecule has 1 aliphatic heterocycles. The Hall–Kier alpha value is -2.53. The van der Waals surface area contributed by atoms with Crippen LogP contribution in [0, 0.1) is 0 Å². The lowest BCUT2D eigenvalue weighted by Crippen LogP contribution is -2.03. The maximum atomic E-state index is 11.3. The predicted molar refractivity (Wildman–Crippen MR) is 75.6 cm³/mol. The molecule has 0 fully saturated rings. The van der Waals surface area contributed by atoms with Crippen molar-refractivity contribution in [3.05, 3.63) is 47.5 Å². The van der Waals surface area contributed by atoms with E-state index in [1.54, 1.807) is 36.4 Å². The number of carbonyl (C=O) groups is 1. The van der Waals surface area contributed by atoms with Crippen LogP contribution in [0.25, 0.3) is 0 Å². The maximum absolute atomic E-state index is 11.3. The minimum absolute atomic E-state index is 0.00665. The molecule has 0 saturated heterocycles. The van der Waals surface area contributed by atoms with Crippen molar-refractivity contribution in [2.24, 2.45) is 0 Å². The van der Waals surface area contributed by atoms with E-state index in [9.17, 15) is 4.79 Å². The largest absolute Gasteiger partial charge is 0.455 e. The molecule has 0 radical (unpaired) electrons. The minimum atomic E-state index is -0.0381. The number of ether oxygens (including phenoxy) is 1. The fourth-order valence-electron chi connectivity index (χ4n) is 2.15. The molecule has 20 heavy (non-hydrogen) atoms. The highest BCUT2D eigenvalue weighted by molar-refractivity contribution is 6.00. The number of benzene rings is 2. The fourth-order valence-corrected chi connectivity index (χ4v) is 2.15. The maximum Gasteiger partial charge on any atom is 0.228 e. The molecule has 0 aliphatic carbocycles. The number of carbonyl (C=O) groups excluding carboxylic acids is 1. The second-order valence-electron chi connectivity index (χ2n) is 4.68. The quantitative estimate of drug-likeness (QED) is 0.745. The van der Waals surface area contributed by atoms with E-state index in [2.05, 4.69) is 5.32 Å². The van der Waals surface area contributed by atoms with Gasteiger partial charge in [-0.25, -0.2) is 0 Å². The molecule has 5 nitrogen and oxygen atoms in total. The second-order valence-corrected chi connectivity index (χ2v) is 4.68. The first kappa shape index (κ1) is 12.5. The summed E-state index contributed by atoms with van der Waals surface area (Å²) in [6, 6.07) is 10.6. The van der Waals surface area contributed by atoms with Crippen molar-refractivity contribution in [1.82, 2.24) is 0 Å². The van der Waals surface area contributed by atoms with E-state index in [-0.39, 0.29) is 12.5 Å². The van der Waals surface area contributed by atoms with Gasteiger partial charge in [0.15, 0.2) is 5.75 Å². The van der Waals surface area contributed by atoms with Crippen molar-refractivity contribution in [2.45, 2.75) is 13.0 Å². The molecule has 0 aromatic heterocycles. The summed E-state index contributed by atoms with van der Waals surface area (Å²) in [5.41, 5.74) is 8.87.